The third kappa shape index (κ3) is 9.31. The number of aliphatic hydroxyl groups excluding tert-OH is 2. The third-order valence-electron chi connectivity index (χ3n) is 10.7. The molecular weight excluding hydrogens is 745 g/mol. The summed E-state index contributed by atoms with van der Waals surface area (Å²) in [6.45, 7) is 2.65. The lowest BCUT2D eigenvalue weighted by Gasteiger charge is -2.46. The SMILES string of the molecule is CC(C)(c1ncc(-c2ccccc2)o1)N1CCN(C[C@@H](O)C[C@@H](Cc2cc3ccncc3o2)C(=O)N[C@H]2c3ccccc3OC[C@H]2O)[C@H](C(=O)NCC(F)(F)F)C1. The van der Waals surface area contributed by atoms with Gasteiger partial charge in [0.05, 0.1) is 30.1 Å². The number of oxazole rings is 1. The number of para-hydroxylation sites is 1. The maximum Gasteiger partial charge on any atom is 0.405 e. The number of ether oxygens (including phenoxy) is 1. The molecule has 5 heterocycles. The average molecular weight is 791 g/mol. The zero-order valence-corrected chi connectivity index (χ0v) is 31.5. The van der Waals surface area contributed by atoms with Gasteiger partial charge in [0.25, 0.3) is 0 Å². The van der Waals surface area contributed by atoms with E-state index in [4.69, 9.17) is 13.6 Å². The highest BCUT2D eigenvalue weighted by molar-refractivity contribution is 5.82. The van der Waals surface area contributed by atoms with Crippen LogP contribution in [0.25, 0.3) is 22.3 Å². The molecule has 0 bridgehead atoms. The van der Waals surface area contributed by atoms with Crippen molar-refractivity contribution in [3.05, 3.63) is 103 Å². The Morgan fingerprint density at radius 1 is 1.02 bits per heavy atom. The molecule has 7 rings (SSSR count). The van der Waals surface area contributed by atoms with E-state index >= 15 is 0 Å². The molecule has 302 valence electrons. The Balaban J connectivity index is 1.10. The first-order chi connectivity index (χ1) is 27.2. The van der Waals surface area contributed by atoms with E-state index in [9.17, 15) is 33.0 Å². The van der Waals surface area contributed by atoms with Crippen LogP contribution in [0.15, 0.2) is 94.2 Å². The maximum atomic E-state index is 14.1. The summed E-state index contributed by atoms with van der Waals surface area (Å²) in [6.07, 6.45) is -2.09. The standard InChI is InChI=1S/C41H45F3N6O7/c1-40(2,39-46-20-35(57-39)25-8-4-3-5-9-25)50-15-14-49(31(22-50)38(54)47-24-41(42,43)44)21-28(51)16-27(18-29-17-26-12-13-45-19-34(26)56-29)37(53)48-36-30-10-6-7-11-33(30)55-23-32(36)52/h3-13,17,19-20,27-28,31-32,36,51-52H,14-16,18,21-24H2,1-2H3,(H,47,54)(H,48,53)/t27-,28-,31-,32+,36-/m0/s1. The molecule has 0 unspecified atom stereocenters. The highest BCUT2D eigenvalue weighted by atomic mass is 19.4. The van der Waals surface area contributed by atoms with Gasteiger partial charge < -0.3 is 34.4 Å². The molecule has 5 atom stereocenters. The van der Waals surface area contributed by atoms with Crippen molar-refractivity contribution in [1.29, 1.82) is 0 Å². The Hall–Kier alpha value is -5.29. The number of amides is 2. The van der Waals surface area contributed by atoms with Gasteiger partial charge in [0.2, 0.25) is 17.7 Å². The average Bonchev–Trinajstić information content (AvgIpc) is 3.86. The number of carbonyl (C=O) groups is 2. The fraction of sp³-hybridized carbons (Fsp3) is 0.415. The molecule has 5 aromatic rings. The molecule has 0 spiro atoms. The highest BCUT2D eigenvalue weighted by Gasteiger charge is 2.43. The Kier molecular flexibility index (Phi) is 11.7. The lowest BCUT2D eigenvalue weighted by atomic mass is 9.92. The van der Waals surface area contributed by atoms with Crippen LogP contribution in [0.3, 0.4) is 0 Å². The van der Waals surface area contributed by atoms with Crippen molar-refractivity contribution in [2.75, 3.05) is 39.3 Å². The number of fused-ring (bicyclic) bond motifs is 2. The Labute approximate surface area is 326 Å². The van der Waals surface area contributed by atoms with Crippen LogP contribution in [-0.2, 0) is 21.5 Å². The number of nitrogens with zero attached hydrogens (tertiary/aromatic N) is 4. The van der Waals surface area contributed by atoms with Crippen molar-refractivity contribution in [2.24, 2.45) is 5.92 Å². The Morgan fingerprint density at radius 3 is 2.56 bits per heavy atom. The van der Waals surface area contributed by atoms with Gasteiger partial charge in [0.1, 0.15) is 36.8 Å². The number of aromatic nitrogens is 2. The van der Waals surface area contributed by atoms with Gasteiger partial charge in [-0.15, -0.1) is 0 Å². The highest BCUT2D eigenvalue weighted by Crippen LogP contribution is 2.35. The molecule has 2 amide bonds. The molecule has 0 saturated carbocycles. The van der Waals surface area contributed by atoms with E-state index in [1.165, 1.54) is 0 Å². The topological polar surface area (TPSA) is 166 Å². The molecule has 1 saturated heterocycles. The molecule has 0 radical (unpaired) electrons. The number of hydrogen-bond acceptors (Lipinski definition) is 11. The lowest BCUT2D eigenvalue weighted by Crippen LogP contribution is -2.63. The number of rotatable bonds is 13. The summed E-state index contributed by atoms with van der Waals surface area (Å²) >= 11 is 0. The number of furan rings is 1. The second-order valence-corrected chi connectivity index (χ2v) is 15.1. The van der Waals surface area contributed by atoms with Gasteiger partial charge in [0, 0.05) is 61.2 Å². The number of pyridine rings is 1. The minimum atomic E-state index is -4.63. The second-order valence-electron chi connectivity index (χ2n) is 15.1. The van der Waals surface area contributed by atoms with Crippen molar-refractivity contribution in [3.63, 3.8) is 0 Å². The molecule has 16 heteroatoms. The van der Waals surface area contributed by atoms with E-state index in [2.05, 4.69) is 15.3 Å². The minimum Gasteiger partial charge on any atom is -0.490 e. The molecular formula is C41H45F3N6O7. The monoisotopic (exact) mass is 790 g/mol. The molecule has 2 aromatic carbocycles. The molecule has 0 aliphatic carbocycles. The number of β-amino-alcohol motifs (C(OH)–C–C–N with tert-alkyl or cyclic N) is 1. The quantitative estimate of drug-likeness (QED) is 0.132. The predicted molar refractivity (Wildman–Crippen MR) is 202 cm³/mol. The predicted octanol–water partition coefficient (Wildman–Crippen LogP) is 4.60. The number of carbonyl (C=O) groups excluding carboxylic acids is 2. The van der Waals surface area contributed by atoms with E-state index in [1.807, 2.05) is 54.4 Å². The van der Waals surface area contributed by atoms with Crippen LogP contribution in [0, 0.1) is 5.92 Å². The van der Waals surface area contributed by atoms with Crippen molar-refractivity contribution in [2.45, 2.75) is 62.7 Å². The van der Waals surface area contributed by atoms with E-state index in [1.54, 1.807) is 59.9 Å². The first-order valence-corrected chi connectivity index (χ1v) is 18.8. The summed E-state index contributed by atoms with van der Waals surface area (Å²) in [5.41, 5.74) is 1.09. The number of aliphatic hydroxyl groups is 2. The van der Waals surface area contributed by atoms with Gasteiger partial charge in [-0.3, -0.25) is 24.4 Å². The summed E-state index contributed by atoms with van der Waals surface area (Å²) in [4.78, 5) is 39.8. The molecule has 3 aromatic heterocycles. The van der Waals surface area contributed by atoms with E-state index in [0.717, 1.165) is 10.9 Å². The molecule has 2 aliphatic heterocycles. The summed E-state index contributed by atoms with van der Waals surface area (Å²) in [7, 11) is 0. The van der Waals surface area contributed by atoms with Crippen LogP contribution >= 0.6 is 0 Å². The van der Waals surface area contributed by atoms with Crippen molar-refractivity contribution in [1.82, 2.24) is 30.4 Å². The Morgan fingerprint density at radius 2 is 1.79 bits per heavy atom. The normalized spacial score (nSPS) is 20.4. The number of nitrogens with one attached hydrogen (secondary N) is 2. The van der Waals surface area contributed by atoms with Gasteiger partial charge in [-0.1, -0.05) is 48.5 Å². The zero-order valence-electron chi connectivity index (χ0n) is 31.5. The molecule has 13 nitrogen and oxygen atoms in total. The van der Waals surface area contributed by atoms with Crippen LogP contribution in [-0.4, -0.2) is 106 Å². The van der Waals surface area contributed by atoms with Gasteiger partial charge in [0.15, 0.2) is 11.3 Å². The number of benzene rings is 2. The number of piperazine rings is 1. The largest absolute Gasteiger partial charge is 0.490 e. The number of alkyl halides is 3. The number of hydrogen-bond donors (Lipinski definition) is 4. The van der Waals surface area contributed by atoms with E-state index in [0.29, 0.717) is 40.9 Å². The van der Waals surface area contributed by atoms with Gasteiger partial charge in [-0.2, -0.15) is 13.2 Å². The molecule has 4 N–H and O–H groups in total. The zero-order chi connectivity index (χ0) is 40.3. The van der Waals surface area contributed by atoms with Crippen molar-refractivity contribution < 1.29 is 46.5 Å². The smallest absolute Gasteiger partial charge is 0.405 e. The summed E-state index contributed by atoms with van der Waals surface area (Å²) in [5, 5.41) is 28.3. The first kappa shape index (κ1) is 39.9. The molecule has 1 fully saturated rings. The number of halogens is 3. The van der Waals surface area contributed by atoms with Crippen LogP contribution in [0.1, 0.15) is 43.5 Å². The lowest BCUT2D eigenvalue weighted by molar-refractivity contribution is -0.145. The molecule has 2 aliphatic rings. The van der Waals surface area contributed by atoms with Gasteiger partial charge >= 0.3 is 6.18 Å². The fourth-order valence-corrected chi connectivity index (χ4v) is 7.56. The first-order valence-electron chi connectivity index (χ1n) is 18.8. The Bertz CT molecular complexity index is 2130. The second kappa shape index (κ2) is 16.7. The van der Waals surface area contributed by atoms with Crippen LogP contribution in [0.5, 0.6) is 5.75 Å². The summed E-state index contributed by atoms with van der Waals surface area (Å²) in [5.74, 6) is -0.260. The summed E-state index contributed by atoms with van der Waals surface area (Å²) < 4.78 is 57.7. The van der Waals surface area contributed by atoms with Gasteiger partial charge in [-0.05, 0) is 38.5 Å². The minimum absolute atomic E-state index is 0.00441. The van der Waals surface area contributed by atoms with E-state index in [-0.39, 0.29) is 39.1 Å². The maximum absolute atomic E-state index is 14.1. The third-order valence-corrected chi connectivity index (χ3v) is 10.7. The van der Waals surface area contributed by atoms with Crippen molar-refractivity contribution in [3.8, 4) is 17.1 Å². The molecule has 57 heavy (non-hydrogen) atoms. The van der Waals surface area contributed by atoms with E-state index < -0.39 is 60.3 Å². The van der Waals surface area contributed by atoms with Gasteiger partial charge in [-0.25, -0.2) is 4.98 Å². The van der Waals surface area contributed by atoms with Crippen LogP contribution in [0.2, 0.25) is 0 Å². The summed E-state index contributed by atoms with van der Waals surface area (Å²) in [6, 6.07) is 18.2. The van der Waals surface area contributed by atoms with Crippen molar-refractivity contribution >= 4 is 22.8 Å². The fourth-order valence-electron chi connectivity index (χ4n) is 7.56. The van der Waals surface area contributed by atoms with Crippen LogP contribution < -0.4 is 15.4 Å². The van der Waals surface area contributed by atoms with Crippen LogP contribution in [0.4, 0.5) is 13.2 Å².